The number of phenols is 1. The lowest BCUT2D eigenvalue weighted by Gasteiger charge is -2.36. The fraction of sp³-hybridized carbons (Fsp3) is 0.267. The molecule has 2 aromatic carbocycles. The number of phenolic OH excluding ortho intramolecular Hbond substituents is 1. The van der Waals surface area contributed by atoms with Crippen molar-refractivity contribution in [3.05, 3.63) is 84.1 Å². The van der Waals surface area contributed by atoms with Crippen LogP contribution in [0.1, 0.15) is 31.7 Å². The highest BCUT2D eigenvalue weighted by Crippen LogP contribution is 2.27. The molecule has 0 amide bonds. The SMILES string of the molecule is CCc1nc(/C=N/Nc2ncc(F)c(N3CCOCC3CC)n2)ccc1Nc1ccc(-c2cccc(O)c2)cc1. The lowest BCUT2D eigenvalue weighted by molar-refractivity contribution is 0.0921. The summed E-state index contributed by atoms with van der Waals surface area (Å²) in [4.78, 5) is 15.0. The molecule has 5 rings (SSSR count). The van der Waals surface area contributed by atoms with Crippen molar-refractivity contribution in [3.8, 4) is 16.9 Å². The van der Waals surface area contributed by atoms with Gasteiger partial charge in [-0.2, -0.15) is 10.1 Å². The predicted octanol–water partition coefficient (Wildman–Crippen LogP) is 5.75. The van der Waals surface area contributed by atoms with Crippen LogP contribution in [0.25, 0.3) is 11.1 Å². The van der Waals surface area contributed by atoms with Crippen LogP contribution in [0.15, 0.2) is 72.0 Å². The molecule has 206 valence electrons. The molecule has 1 atom stereocenters. The minimum Gasteiger partial charge on any atom is -0.508 e. The Morgan fingerprint density at radius 1 is 1.10 bits per heavy atom. The molecule has 0 radical (unpaired) electrons. The second-order valence-corrected chi connectivity index (χ2v) is 9.40. The Kier molecular flexibility index (Phi) is 8.46. The first-order valence-corrected chi connectivity index (χ1v) is 13.4. The fourth-order valence-corrected chi connectivity index (χ4v) is 4.60. The number of hydrogen-bond acceptors (Lipinski definition) is 9. The van der Waals surface area contributed by atoms with Gasteiger partial charge in [0.2, 0.25) is 5.95 Å². The first-order chi connectivity index (χ1) is 19.5. The van der Waals surface area contributed by atoms with E-state index in [0.717, 1.165) is 47.2 Å². The molecular weight excluding hydrogens is 509 g/mol. The van der Waals surface area contributed by atoms with Gasteiger partial charge in [-0.15, -0.1) is 0 Å². The average molecular weight is 542 g/mol. The van der Waals surface area contributed by atoms with Crippen LogP contribution in [0.2, 0.25) is 0 Å². The molecule has 10 heteroatoms. The minimum atomic E-state index is -0.471. The number of nitrogens with one attached hydrogen (secondary N) is 2. The largest absolute Gasteiger partial charge is 0.508 e. The molecule has 0 bridgehead atoms. The van der Waals surface area contributed by atoms with Gasteiger partial charge in [0.25, 0.3) is 0 Å². The molecule has 3 heterocycles. The van der Waals surface area contributed by atoms with Gasteiger partial charge in [-0.05, 0) is 60.4 Å². The summed E-state index contributed by atoms with van der Waals surface area (Å²) in [6.45, 7) is 5.73. The second kappa shape index (κ2) is 12.5. The molecule has 1 unspecified atom stereocenters. The summed E-state index contributed by atoms with van der Waals surface area (Å²) in [6, 6.07) is 19.1. The standard InChI is InChI=1S/C30H32FN7O2/c1-3-24-19-40-15-14-38(24)29-26(31)18-32-30(36-29)37-33-17-23-12-13-28(27(4-2)35-23)34-22-10-8-20(9-11-22)21-6-5-7-25(39)16-21/h5-13,16-18,24,34,39H,3-4,14-15,19H2,1-2H3,(H,32,36,37)/b33-17+. The van der Waals surface area contributed by atoms with Gasteiger partial charge >= 0.3 is 0 Å². The van der Waals surface area contributed by atoms with Gasteiger partial charge < -0.3 is 20.1 Å². The van der Waals surface area contributed by atoms with E-state index in [9.17, 15) is 9.50 Å². The van der Waals surface area contributed by atoms with E-state index in [4.69, 9.17) is 9.72 Å². The molecular formula is C30H32FN7O2. The predicted molar refractivity (Wildman–Crippen MR) is 156 cm³/mol. The van der Waals surface area contributed by atoms with Crippen molar-refractivity contribution in [2.75, 3.05) is 35.4 Å². The number of ether oxygens (including phenoxy) is 1. The third kappa shape index (κ3) is 6.35. The van der Waals surface area contributed by atoms with Crippen molar-refractivity contribution in [1.29, 1.82) is 0 Å². The maximum Gasteiger partial charge on any atom is 0.245 e. The molecule has 0 saturated carbocycles. The number of hydrogen-bond donors (Lipinski definition) is 3. The number of rotatable bonds is 9. The van der Waals surface area contributed by atoms with E-state index in [-0.39, 0.29) is 23.6 Å². The van der Waals surface area contributed by atoms with Gasteiger partial charge in [0.15, 0.2) is 11.6 Å². The summed E-state index contributed by atoms with van der Waals surface area (Å²) in [5, 5.41) is 17.4. The van der Waals surface area contributed by atoms with Crippen molar-refractivity contribution in [2.45, 2.75) is 32.7 Å². The molecule has 0 spiro atoms. The number of hydrazone groups is 1. The average Bonchev–Trinajstić information content (AvgIpc) is 2.99. The maximum atomic E-state index is 14.5. The third-order valence-electron chi connectivity index (χ3n) is 6.73. The number of morpholine rings is 1. The van der Waals surface area contributed by atoms with Crippen molar-refractivity contribution in [1.82, 2.24) is 15.0 Å². The zero-order valence-electron chi connectivity index (χ0n) is 22.5. The van der Waals surface area contributed by atoms with E-state index in [1.54, 1.807) is 18.3 Å². The van der Waals surface area contributed by atoms with Crippen LogP contribution in [0.5, 0.6) is 5.75 Å². The highest BCUT2D eigenvalue weighted by atomic mass is 19.1. The molecule has 1 fully saturated rings. The summed E-state index contributed by atoms with van der Waals surface area (Å²) in [5.74, 6) is 0.225. The summed E-state index contributed by atoms with van der Waals surface area (Å²) in [5.41, 5.74) is 8.15. The summed E-state index contributed by atoms with van der Waals surface area (Å²) in [7, 11) is 0. The van der Waals surface area contributed by atoms with Gasteiger partial charge in [0, 0.05) is 12.2 Å². The number of nitrogens with zero attached hydrogens (tertiary/aromatic N) is 5. The lowest BCUT2D eigenvalue weighted by atomic mass is 10.1. The van der Waals surface area contributed by atoms with Crippen LogP contribution < -0.4 is 15.6 Å². The molecule has 40 heavy (non-hydrogen) atoms. The van der Waals surface area contributed by atoms with Gasteiger partial charge in [-0.1, -0.05) is 38.1 Å². The number of aromatic nitrogens is 3. The summed E-state index contributed by atoms with van der Waals surface area (Å²) < 4.78 is 20.1. The van der Waals surface area contributed by atoms with Crippen molar-refractivity contribution in [2.24, 2.45) is 5.10 Å². The Morgan fingerprint density at radius 2 is 1.95 bits per heavy atom. The Bertz CT molecular complexity index is 1480. The Balaban J connectivity index is 1.25. The van der Waals surface area contributed by atoms with E-state index in [2.05, 4.69) is 25.8 Å². The van der Waals surface area contributed by atoms with Crippen molar-refractivity contribution < 1.29 is 14.2 Å². The number of anilines is 4. The quantitative estimate of drug-likeness (QED) is 0.182. The molecule has 3 N–H and O–H groups in total. The molecule has 1 aliphatic heterocycles. The number of benzene rings is 2. The Hall–Kier alpha value is -4.57. The fourth-order valence-electron chi connectivity index (χ4n) is 4.60. The topological polar surface area (TPSA) is 108 Å². The Labute approximate surface area is 232 Å². The van der Waals surface area contributed by atoms with Crippen LogP contribution in [0.3, 0.4) is 0 Å². The highest BCUT2D eigenvalue weighted by Gasteiger charge is 2.25. The number of pyridine rings is 1. The molecule has 4 aromatic rings. The second-order valence-electron chi connectivity index (χ2n) is 9.40. The highest BCUT2D eigenvalue weighted by molar-refractivity contribution is 5.79. The first kappa shape index (κ1) is 27.0. The third-order valence-corrected chi connectivity index (χ3v) is 6.73. The smallest absolute Gasteiger partial charge is 0.245 e. The monoisotopic (exact) mass is 541 g/mol. The van der Waals surface area contributed by atoms with E-state index in [0.29, 0.717) is 25.5 Å². The lowest BCUT2D eigenvalue weighted by Crippen LogP contribution is -2.46. The molecule has 1 aliphatic rings. The molecule has 2 aromatic heterocycles. The van der Waals surface area contributed by atoms with Crippen LogP contribution in [0, 0.1) is 5.82 Å². The number of aryl methyl sites for hydroxylation is 1. The number of aromatic hydroxyl groups is 1. The van der Waals surface area contributed by atoms with E-state index in [1.807, 2.05) is 67.3 Å². The van der Waals surface area contributed by atoms with Gasteiger partial charge in [0.05, 0.1) is 48.7 Å². The Morgan fingerprint density at radius 3 is 2.73 bits per heavy atom. The van der Waals surface area contributed by atoms with E-state index < -0.39 is 5.82 Å². The van der Waals surface area contributed by atoms with Crippen molar-refractivity contribution in [3.63, 3.8) is 0 Å². The van der Waals surface area contributed by atoms with Crippen LogP contribution in [-0.4, -0.2) is 52.1 Å². The van der Waals surface area contributed by atoms with Crippen LogP contribution in [0.4, 0.5) is 27.5 Å². The molecule has 1 saturated heterocycles. The minimum absolute atomic E-state index is 0.0644. The summed E-state index contributed by atoms with van der Waals surface area (Å²) >= 11 is 0. The zero-order chi connectivity index (χ0) is 27.9. The normalized spacial score (nSPS) is 15.4. The summed E-state index contributed by atoms with van der Waals surface area (Å²) in [6.07, 6.45) is 4.29. The first-order valence-electron chi connectivity index (χ1n) is 13.4. The van der Waals surface area contributed by atoms with Gasteiger partial charge in [-0.25, -0.2) is 19.8 Å². The van der Waals surface area contributed by atoms with Gasteiger partial charge in [-0.3, -0.25) is 0 Å². The molecule has 0 aliphatic carbocycles. The molecule has 9 nitrogen and oxygen atoms in total. The zero-order valence-corrected chi connectivity index (χ0v) is 22.5. The maximum absolute atomic E-state index is 14.5. The van der Waals surface area contributed by atoms with E-state index >= 15 is 0 Å². The van der Waals surface area contributed by atoms with Gasteiger partial charge in [0.1, 0.15) is 5.75 Å². The van der Waals surface area contributed by atoms with Crippen molar-refractivity contribution >= 4 is 29.4 Å². The van der Waals surface area contributed by atoms with Crippen LogP contribution in [-0.2, 0) is 11.2 Å². The van der Waals surface area contributed by atoms with E-state index in [1.165, 1.54) is 0 Å². The number of halogens is 1. The van der Waals surface area contributed by atoms with Crippen LogP contribution >= 0.6 is 0 Å².